The highest BCUT2D eigenvalue weighted by Crippen LogP contribution is 2.24. The standard InChI is InChI=1S/C22H21N5O4/c1-2-3-11-27-19(23-24-25-27)14-31-22(30)16-8-6-7-15(12-16)13-26-20(28)17-9-4-5-10-18(17)21(26)29/h4-10,12H,2-3,11,13-14H2,1H3. The molecule has 0 unspecified atom stereocenters. The van der Waals surface area contributed by atoms with Gasteiger partial charge in [-0.3, -0.25) is 14.5 Å². The predicted molar refractivity (Wildman–Crippen MR) is 109 cm³/mol. The Morgan fingerprint density at radius 1 is 1.03 bits per heavy atom. The summed E-state index contributed by atoms with van der Waals surface area (Å²) in [6.45, 7) is 2.76. The summed E-state index contributed by atoms with van der Waals surface area (Å²) in [6.07, 6.45) is 1.92. The van der Waals surface area contributed by atoms with Gasteiger partial charge >= 0.3 is 5.97 Å². The van der Waals surface area contributed by atoms with Crippen molar-refractivity contribution in [3.05, 3.63) is 76.6 Å². The fraction of sp³-hybridized carbons (Fsp3) is 0.273. The second kappa shape index (κ2) is 8.86. The van der Waals surface area contributed by atoms with Crippen molar-refractivity contribution < 1.29 is 19.1 Å². The maximum absolute atomic E-state index is 12.6. The number of imide groups is 1. The molecule has 0 fully saturated rings. The Labute approximate surface area is 178 Å². The number of tetrazole rings is 1. The molecule has 0 N–H and O–H groups in total. The van der Waals surface area contributed by atoms with Crippen LogP contribution in [0.1, 0.15) is 62.2 Å². The van der Waals surface area contributed by atoms with E-state index in [0.29, 0.717) is 34.6 Å². The van der Waals surface area contributed by atoms with Gasteiger partial charge in [-0.05, 0) is 46.7 Å². The Balaban J connectivity index is 1.42. The number of unbranched alkanes of at least 4 members (excludes halogenated alkanes) is 1. The van der Waals surface area contributed by atoms with Crippen LogP contribution in [0.5, 0.6) is 0 Å². The lowest BCUT2D eigenvalue weighted by atomic mass is 10.1. The molecule has 4 rings (SSSR count). The number of fused-ring (bicyclic) bond motifs is 1. The molecule has 9 nitrogen and oxygen atoms in total. The normalized spacial score (nSPS) is 12.9. The van der Waals surface area contributed by atoms with Gasteiger partial charge in [0.2, 0.25) is 0 Å². The number of carbonyl (C=O) groups is 3. The number of hydrogen-bond donors (Lipinski definition) is 0. The van der Waals surface area contributed by atoms with Crippen LogP contribution in [0.25, 0.3) is 0 Å². The minimum Gasteiger partial charge on any atom is -0.454 e. The molecule has 158 valence electrons. The maximum Gasteiger partial charge on any atom is 0.338 e. The molecule has 0 atom stereocenters. The Morgan fingerprint density at radius 2 is 1.77 bits per heavy atom. The minimum atomic E-state index is -0.533. The molecule has 0 spiro atoms. The molecule has 1 aliphatic rings. The quantitative estimate of drug-likeness (QED) is 0.408. The van der Waals surface area contributed by atoms with Gasteiger partial charge in [-0.1, -0.05) is 37.6 Å². The topological polar surface area (TPSA) is 107 Å². The molecule has 0 saturated heterocycles. The van der Waals surface area contributed by atoms with Crippen molar-refractivity contribution >= 4 is 17.8 Å². The van der Waals surface area contributed by atoms with Crippen molar-refractivity contribution in [2.75, 3.05) is 0 Å². The summed E-state index contributed by atoms with van der Waals surface area (Å²) in [5.41, 5.74) is 1.76. The number of carbonyl (C=O) groups excluding carboxylic acids is 3. The van der Waals surface area contributed by atoms with E-state index in [9.17, 15) is 14.4 Å². The molecule has 1 aliphatic heterocycles. The third kappa shape index (κ3) is 4.20. The molecular weight excluding hydrogens is 398 g/mol. The number of aryl methyl sites for hydroxylation is 1. The van der Waals surface area contributed by atoms with Crippen LogP contribution >= 0.6 is 0 Å². The molecule has 3 aromatic rings. The highest BCUT2D eigenvalue weighted by Gasteiger charge is 2.35. The Kier molecular flexibility index (Phi) is 5.83. The van der Waals surface area contributed by atoms with Crippen LogP contribution in [0.4, 0.5) is 0 Å². The van der Waals surface area contributed by atoms with Gasteiger partial charge in [0, 0.05) is 6.54 Å². The Hall–Kier alpha value is -3.88. The van der Waals surface area contributed by atoms with Gasteiger partial charge in [0.1, 0.15) is 0 Å². The third-order valence-electron chi connectivity index (χ3n) is 5.04. The van der Waals surface area contributed by atoms with Crippen molar-refractivity contribution in [3.63, 3.8) is 0 Å². The third-order valence-corrected chi connectivity index (χ3v) is 5.04. The van der Waals surface area contributed by atoms with Crippen molar-refractivity contribution in [3.8, 4) is 0 Å². The number of ether oxygens (including phenoxy) is 1. The average molecular weight is 419 g/mol. The molecular formula is C22H21N5O4. The van der Waals surface area contributed by atoms with Gasteiger partial charge in [-0.25, -0.2) is 9.48 Å². The van der Waals surface area contributed by atoms with Crippen LogP contribution in [0.15, 0.2) is 48.5 Å². The fourth-order valence-corrected chi connectivity index (χ4v) is 3.38. The molecule has 9 heteroatoms. The van der Waals surface area contributed by atoms with Crippen molar-refractivity contribution in [1.29, 1.82) is 0 Å². The second-order valence-electron chi connectivity index (χ2n) is 7.19. The minimum absolute atomic E-state index is 0.0435. The lowest BCUT2D eigenvalue weighted by Crippen LogP contribution is -2.29. The van der Waals surface area contributed by atoms with Crippen LogP contribution in [0.3, 0.4) is 0 Å². The van der Waals surface area contributed by atoms with Gasteiger partial charge < -0.3 is 4.74 Å². The number of amides is 2. The van der Waals surface area contributed by atoms with Crippen LogP contribution in [-0.4, -0.2) is 42.9 Å². The van der Waals surface area contributed by atoms with E-state index in [1.54, 1.807) is 53.2 Å². The fourth-order valence-electron chi connectivity index (χ4n) is 3.38. The van der Waals surface area contributed by atoms with Gasteiger partial charge in [0.25, 0.3) is 11.8 Å². The summed E-state index contributed by atoms with van der Waals surface area (Å²) >= 11 is 0. The first-order valence-corrected chi connectivity index (χ1v) is 10.0. The zero-order chi connectivity index (χ0) is 21.8. The van der Waals surface area contributed by atoms with E-state index in [-0.39, 0.29) is 25.0 Å². The molecule has 2 amide bonds. The van der Waals surface area contributed by atoms with Gasteiger partial charge in [0.05, 0.1) is 23.2 Å². The van der Waals surface area contributed by atoms with E-state index >= 15 is 0 Å². The molecule has 0 saturated carbocycles. The molecule has 1 aromatic heterocycles. The average Bonchev–Trinajstić information content (AvgIpc) is 3.34. The van der Waals surface area contributed by atoms with Crippen molar-refractivity contribution in [1.82, 2.24) is 25.1 Å². The van der Waals surface area contributed by atoms with Crippen LogP contribution in [0, 0.1) is 0 Å². The molecule has 0 radical (unpaired) electrons. The molecule has 0 bridgehead atoms. The summed E-state index contributed by atoms with van der Waals surface area (Å²) in [5, 5.41) is 11.4. The smallest absolute Gasteiger partial charge is 0.338 e. The zero-order valence-electron chi connectivity index (χ0n) is 17.0. The predicted octanol–water partition coefficient (Wildman–Crippen LogP) is 2.63. The Bertz CT molecular complexity index is 1110. The van der Waals surface area contributed by atoms with E-state index in [4.69, 9.17) is 4.74 Å². The van der Waals surface area contributed by atoms with Gasteiger partial charge in [0.15, 0.2) is 12.4 Å². The van der Waals surface area contributed by atoms with Crippen LogP contribution in [0.2, 0.25) is 0 Å². The number of esters is 1. The highest BCUT2D eigenvalue weighted by molar-refractivity contribution is 6.21. The zero-order valence-corrected chi connectivity index (χ0v) is 17.0. The van der Waals surface area contributed by atoms with Crippen molar-refractivity contribution in [2.45, 2.75) is 39.5 Å². The lowest BCUT2D eigenvalue weighted by molar-refractivity contribution is 0.0456. The summed E-state index contributed by atoms with van der Waals surface area (Å²) in [4.78, 5) is 38.8. The number of rotatable bonds is 8. The van der Waals surface area contributed by atoms with Crippen molar-refractivity contribution in [2.24, 2.45) is 0 Å². The van der Waals surface area contributed by atoms with Gasteiger partial charge in [-0.15, -0.1) is 5.10 Å². The van der Waals surface area contributed by atoms with E-state index < -0.39 is 5.97 Å². The van der Waals surface area contributed by atoms with E-state index in [0.717, 1.165) is 12.8 Å². The first kappa shape index (κ1) is 20.4. The first-order valence-electron chi connectivity index (χ1n) is 10.0. The monoisotopic (exact) mass is 419 g/mol. The first-order chi connectivity index (χ1) is 15.1. The maximum atomic E-state index is 12.6. The molecule has 2 aromatic carbocycles. The van der Waals surface area contributed by atoms with Crippen LogP contribution < -0.4 is 0 Å². The van der Waals surface area contributed by atoms with E-state index in [2.05, 4.69) is 22.4 Å². The van der Waals surface area contributed by atoms with Crippen LogP contribution in [-0.2, 0) is 24.4 Å². The second-order valence-corrected chi connectivity index (χ2v) is 7.19. The summed E-state index contributed by atoms with van der Waals surface area (Å²) < 4.78 is 6.98. The largest absolute Gasteiger partial charge is 0.454 e. The number of aromatic nitrogens is 4. The number of nitrogens with zero attached hydrogens (tertiary/aromatic N) is 5. The summed E-state index contributed by atoms with van der Waals surface area (Å²) in [6, 6.07) is 13.4. The number of benzene rings is 2. The summed E-state index contributed by atoms with van der Waals surface area (Å²) in [5.74, 6) is -0.738. The molecule has 2 heterocycles. The SMILES string of the molecule is CCCCn1nnnc1COC(=O)c1cccc(CN2C(=O)c3ccccc3C2=O)c1. The Morgan fingerprint density at radius 3 is 2.48 bits per heavy atom. The van der Waals surface area contributed by atoms with E-state index in [1.165, 1.54) is 4.90 Å². The molecule has 0 aliphatic carbocycles. The summed E-state index contributed by atoms with van der Waals surface area (Å²) in [7, 11) is 0. The highest BCUT2D eigenvalue weighted by atomic mass is 16.5. The molecule has 31 heavy (non-hydrogen) atoms. The lowest BCUT2D eigenvalue weighted by Gasteiger charge is -2.14. The number of hydrogen-bond acceptors (Lipinski definition) is 7. The van der Waals surface area contributed by atoms with Gasteiger partial charge in [-0.2, -0.15) is 0 Å². The van der Waals surface area contributed by atoms with E-state index in [1.807, 2.05) is 0 Å².